The van der Waals surface area contributed by atoms with E-state index in [0.717, 1.165) is 5.56 Å². The summed E-state index contributed by atoms with van der Waals surface area (Å²) in [6, 6.07) is 6.87. The van der Waals surface area contributed by atoms with Gasteiger partial charge in [-0.15, -0.1) is 23.7 Å². The summed E-state index contributed by atoms with van der Waals surface area (Å²) < 4.78 is 10.4. The van der Waals surface area contributed by atoms with Gasteiger partial charge < -0.3 is 20.3 Å². The van der Waals surface area contributed by atoms with Crippen LogP contribution < -0.4 is 15.8 Å². The Morgan fingerprint density at radius 3 is 2.92 bits per heavy atom. The zero-order valence-corrected chi connectivity index (χ0v) is 15.8. The number of carbonyl (C=O) groups is 1. The largest absolute Gasteiger partial charge is 0.497 e. The van der Waals surface area contributed by atoms with Gasteiger partial charge in [-0.2, -0.15) is 4.98 Å². The summed E-state index contributed by atoms with van der Waals surface area (Å²) >= 11 is 1.35. The number of nitrogens with one attached hydrogen (secondary N) is 1. The first-order chi connectivity index (χ1) is 12.1. The normalized spacial score (nSPS) is 11.5. The van der Waals surface area contributed by atoms with Gasteiger partial charge in [0.15, 0.2) is 0 Å². The van der Waals surface area contributed by atoms with Gasteiger partial charge in [-0.05, 0) is 19.1 Å². The van der Waals surface area contributed by atoms with Crippen molar-refractivity contribution in [3.63, 3.8) is 0 Å². The first-order valence-corrected chi connectivity index (χ1v) is 8.42. The zero-order chi connectivity index (χ0) is 17.8. The van der Waals surface area contributed by atoms with Crippen LogP contribution in [0.2, 0.25) is 0 Å². The highest BCUT2D eigenvalue weighted by Crippen LogP contribution is 2.23. The van der Waals surface area contributed by atoms with E-state index in [1.54, 1.807) is 19.4 Å². The SMILES string of the molecule is COc1cccc(-c2noc(C(C)NC(=O)c3csc(CN)n3)n2)c1.Cl. The fraction of sp³-hybridized carbons (Fsp3) is 0.250. The fourth-order valence-electron chi connectivity index (χ4n) is 2.13. The van der Waals surface area contributed by atoms with E-state index in [1.165, 1.54) is 11.3 Å². The molecule has 8 nitrogen and oxygen atoms in total. The molecule has 2 aromatic heterocycles. The number of amides is 1. The van der Waals surface area contributed by atoms with Gasteiger partial charge in [0.05, 0.1) is 7.11 Å². The number of halogens is 1. The molecule has 138 valence electrons. The lowest BCUT2D eigenvalue weighted by Crippen LogP contribution is -2.27. The second kappa shape index (κ2) is 8.75. The molecule has 0 radical (unpaired) electrons. The van der Waals surface area contributed by atoms with Crippen LogP contribution >= 0.6 is 23.7 Å². The molecule has 0 saturated carbocycles. The first-order valence-electron chi connectivity index (χ1n) is 7.54. The van der Waals surface area contributed by atoms with E-state index in [1.807, 2.05) is 24.3 Å². The molecule has 10 heteroatoms. The predicted molar refractivity (Wildman–Crippen MR) is 99.4 cm³/mol. The summed E-state index contributed by atoms with van der Waals surface area (Å²) in [5.74, 6) is 1.11. The van der Waals surface area contributed by atoms with E-state index in [9.17, 15) is 4.79 Å². The molecule has 0 aliphatic rings. The Morgan fingerprint density at radius 2 is 2.23 bits per heavy atom. The molecular formula is C16H18ClN5O3S. The van der Waals surface area contributed by atoms with E-state index in [4.69, 9.17) is 15.0 Å². The first kappa shape index (κ1) is 19.8. The smallest absolute Gasteiger partial charge is 0.271 e. The number of nitrogens with two attached hydrogens (primary N) is 1. The van der Waals surface area contributed by atoms with Crippen molar-refractivity contribution in [3.8, 4) is 17.1 Å². The molecule has 3 aromatic rings. The van der Waals surface area contributed by atoms with Gasteiger partial charge in [-0.1, -0.05) is 17.3 Å². The summed E-state index contributed by atoms with van der Waals surface area (Å²) in [6.45, 7) is 2.07. The third kappa shape index (κ3) is 4.37. The predicted octanol–water partition coefficient (Wildman–Crippen LogP) is 2.57. The zero-order valence-electron chi connectivity index (χ0n) is 14.1. The molecule has 26 heavy (non-hydrogen) atoms. The molecule has 0 aliphatic carbocycles. The van der Waals surface area contributed by atoms with Gasteiger partial charge in [0.2, 0.25) is 11.7 Å². The summed E-state index contributed by atoms with van der Waals surface area (Å²) in [5, 5.41) is 9.11. The van der Waals surface area contributed by atoms with Gasteiger partial charge in [0, 0.05) is 17.5 Å². The van der Waals surface area contributed by atoms with Gasteiger partial charge in [0.25, 0.3) is 5.91 Å². The molecular weight excluding hydrogens is 378 g/mol. The van der Waals surface area contributed by atoms with Gasteiger partial charge in [0.1, 0.15) is 22.5 Å². The minimum absolute atomic E-state index is 0. The minimum Gasteiger partial charge on any atom is -0.497 e. The molecule has 0 fully saturated rings. The van der Waals surface area contributed by atoms with Crippen LogP contribution in [-0.2, 0) is 6.54 Å². The van der Waals surface area contributed by atoms with Crippen LogP contribution in [0.5, 0.6) is 5.75 Å². The van der Waals surface area contributed by atoms with Crippen LogP contribution in [-0.4, -0.2) is 28.1 Å². The van der Waals surface area contributed by atoms with E-state index >= 15 is 0 Å². The summed E-state index contributed by atoms with van der Waals surface area (Å²) in [4.78, 5) is 20.7. The number of benzene rings is 1. The number of hydrogen-bond donors (Lipinski definition) is 2. The topological polar surface area (TPSA) is 116 Å². The van der Waals surface area contributed by atoms with Crippen LogP contribution in [0.4, 0.5) is 0 Å². The quantitative estimate of drug-likeness (QED) is 0.658. The molecule has 1 aromatic carbocycles. The van der Waals surface area contributed by atoms with Crippen molar-refractivity contribution in [1.29, 1.82) is 0 Å². The maximum absolute atomic E-state index is 12.2. The summed E-state index contributed by atoms with van der Waals surface area (Å²) in [6.07, 6.45) is 0. The average molecular weight is 396 g/mol. The van der Waals surface area contributed by atoms with Crippen LogP contribution in [0, 0.1) is 0 Å². The maximum atomic E-state index is 12.2. The molecule has 3 N–H and O–H groups in total. The molecule has 1 unspecified atom stereocenters. The highest BCUT2D eigenvalue weighted by atomic mass is 35.5. The third-order valence-corrected chi connectivity index (χ3v) is 4.32. The Labute approximate surface area is 160 Å². The second-order valence-electron chi connectivity index (χ2n) is 5.21. The molecule has 0 spiro atoms. The van der Waals surface area contributed by atoms with Crippen LogP contribution in [0.1, 0.15) is 34.4 Å². The summed E-state index contributed by atoms with van der Waals surface area (Å²) in [7, 11) is 1.59. The Kier molecular flexibility index (Phi) is 6.67. The Morgan fingerprint density at radius 1 is 1.42 bits per heavy atom. The maximum Gasteiger partial charge on any atom is 0.271 e. The van der Waals surface area contributed by atoms with E-state index in [2.05, 4.69) is 20.4 Å². The number of methoxy groups -OCH3 is 1. The number of ether oxygens (including phenoxy) is 1. The number of aromatic nitrogens is 3. The van der Waals surface area contributed by atoms with Crippen molar-refractivity contribution < 1.29 is 14.1 Å². The van der Waals surface area contributed by atoms with Crippen molar-refractivity contribution in [3.05, 3.63) is 46.2 Å². The lowest BCUT2D eigenvalue weighted by Gasteiger charge is -2.07. The standard InChI is InChI=1S/C16H17N5O3S.ClH/c1-9(18-15(22)12-8-25-13(7-17)19-12)16-20-14(21-24-16)10-4-3-5-11(6-10)23-2;/h3-6,8-9H,7,17H2,1-2H3,(H,18,22);1H. The van der Waals surface area contributed by atoms with Gasteiger partial charge in [-0.25, -0.2) is 4.98 Å². The average Bonchev–Trinajstić information content (AvgIpc) is 3.31. The monoisotopic (exact) mass is 395 g/mol. The second-order valence-corrected chi connectivity index (χ2v) is 6.16. The Hall–Kier alpha value is -2.49. The summed E-state index contributed by atoms with van der Waals surface area (Å²) in [5.41, 5.74) is 6.60. The van der Waals surface area contributed by atoms with Crippen molar-refractivity contribution in [1.82, 2.24) is 20.4 Å². The Bertz CT molecular complexity index is 882. The van der Waals surface area contributed by atoms with E-state index in [-0.39, 0.29) is 18.3 Å². The molecule has 3 rings (SSSR count). The third-order valence-electron chi connectivity index (χ3n) is 3.45. The Balaban J connectivity index is 0.00000243. The van der Waals surface area contributed by atoms with E-state index < -0.39 is 6.04 Å². The lowest BCUT2D eigenvalue weighted by atomic mass is 10.2. The number of rotatable bonds is 6. The van der Waals surface area contributed by atoms with Crippen molar-refractivity contribution >= 4 is 29.7 Å². The van der Waals surface area contributed by atoms with Crippen molar-refractivity contribution in [2.24, 2.45) is 5.73 Å². The van der Waals surface area contributed by atoms with Crippen molar-refractivity contribution in [2.45, 2.75) is 19.5 Å². The van der Waals surface area contributed by atoms with Crippen LogP contribution in [0.3, 0.4) is 0 Å². The van der Waals surface area contributed by atoms with Crippen LogP contribution in [0.15, 0.2) is 34.2 Å². The number of hydrogen-bond acceptors (Lipinski definition) is 8. The molecule has 0 saturated heterocycles. The number of carbonyl (C=O) groups excluding carboxylic acids is 1. The van der Waals surface area contributed by atoms with Gasteiger partial charge in [-0.3, -0.25) is 4.79 Å². The van der Waals surface area contributed by atoms with Crippen LogP contribution in [0.25, 0.3) is 11.4 Å². The van der Waals surface area contributed by atoms with Crippen molar-refractivity contribution in [2.75, 3.05) is 7.11 Å². The molecule has 1 amide bonds. The van der Waals surface area contributed by atoms with Gasteiger partial charge >= 0.3 is 0 Å². The highest BCUT2D eigenvalue weighted by Gasteiger charge is 2.19. The molecule has 2 heterocycles. The lowest BCUT2D eigenvalue weighted by molar-refractivity contribution is 0.0928. The molecule has 0 bridgehead atoms. The number of nitrogens with zero attached hydrogens (tertiary/aromatic N) is 3. The molecule has 0 aliphatic heterocycles. The number of thiazole rings is 1. The molecule has 1 atom stereocenters. The minimum atomic E-state index is -0.456. The fourth-order valence-corrected chi connectivity index (χ4v) is 2.79. The van der Waals surface area contributed by atoms with E-state index in [0.29, 0.717) is 34.7 Å². The highest BCUT2D eigenvalue weighted by molar-refractivity contribution is 7.09.